The Morgan fingerprint density at radius 1 is 1.32 bits per heavy atom. The number of aromatic nitrogens is 2. The first kappa shape index (κ1) is 19.8. The van der Waals surface area contributed by atoms with E-state index < -0.39 is 8.07 Å². The molecule has 1 aliphatic rings. The monoisotopic (exact) mass is 364 g/mol. The first-order valence-corrected chi connectivity index (χ1v) is 13.0. The van der Waals surface area contributed by atoms with Crippen LogP contribution < -0.4 is 10.2 Å². The number of hydrogen-bond acceptors (Lipinski definition) is 5. The number of carbonyl (C=O) groups is 1. The lowest BCUT2D eigenvalue weighted by atomic mass is 9.89. The number of hydrogen-bond donors (Lipinski definition) is 1. The predicted octanol–water partition coefficient (Wildman–Crippen LogP) is 3.84. The molecule has 25 heavy (non-hydrogen) atoms. The van der Waals surface area contributed by atoms with Crippen LogP contribution in [0.5, 0.6) is 0 Å². The van der Waals surface area contributed by atoms with Gasteiger partial charge in [0.25, 0.3) is 0 Å². The SMILES string of the molecule is CN(C=O)c1nc(C2CCCCC2)ncc1NCOCC[Si](C)(C)C. The fourth-order valence-electron chi connectivity index (χ4n) is 2.97. The molecule has 1 aromatic rings. The van der Waals surface area contributed by atoms with Gasteiger partial charge in [0.05, 0.1) is 11.9 Å². The average Bonchev–Trinajstić information content (AvgIpc) is 2.60. The Hall–Kier alpha value is -1.47. The maximum Gasteiger partial charge on any atom is 0.215 e. The summed E-state index contributed by atoms with van der Waals surface area (Å²) >= 11 is 0. The summed E-state index contributed by atoms with van der Waals surface area (Å²) in [7, 11) is 0.640. The molecule has 0 atom stereocenters. The maximum absolute atomic E-state index is 11.2. The Kier molecular flexibility index (Phi) is 7.37. The van der Waals surface area contributed by atoms with Gasteiger partial charge in [0.2, 0.25) is 6.41 Å². The van der Waals surface area contributed by atoms with Gasteiger partial charge < -0.3 is 15.0 Å². The third kappa shape index (κ3) is 6.39. The molecule has 140 valence electrons. The van der Waals surface area contributed by atoms with Crippen molar-refractivity contribution in [1.82, 2.24) is 9.97 Å². The van der Waals surface area contributed by atoms with Crippen LogP contribution in [0.15, 0.2) is 6.20 Å². The number of nitrogens with zero attached hydrogens (tertiary/aromatic N) is 3. The van der Waals surface area contributed by atoms with Gasteiger partial charge >= 0.3 is 0 Å². The molecule has 1 aliphatic carbocycles. The average molecular weight is 365 g/mol. The lowest BCUT2D eigenvalue weighted by molar-refractivity contribution is -0.107. The predicted molar refractivity (Wildman–Crippen MR) is 105 cm³/mol. The second-order valence-electron chi connectivity index (χ2n) is 8.06. The Bertz CT molecular complexity index is 556. The number of carbonyl (C=O) groups excluding carboxylic acids is 1. The number of anilines is 2. The van der Waals surface area contributed by atoms with Gasteiger partial charge in [0.1, 0.15) is 12.6 Å². The van der Waals surface area contributed by atoms with Crippen molar-refractivity contribution in [3.05, 3.63) is 12.0 Å². The zero-order chi connectivity index (χ0) is 18.3. The van der Waals surface area contributed by atoms with Crippen LogP contribution in [0.2, 0.25) is 25.7 Å². The van der Waals surface area contributed by atoms with Crippen molar-refractivity contribution in [3.8, 4) is 0 Å². The highest BCUT2D eigenvalue weighted by Crippen LogP contribution is 2.32. The van der Waals surface area contributed by atoms with Gasteiger partial charge in [-0.15, -0.1) is 0 Å². The molecular formula is C18H32N4O2Si. The summed E-state index contributed by atoms with van der Waals surface area (Å²) in [5.41, 5.74) is 0.738. The molecule has 7 heteroatoms. The van der Waals surface area contributed by atoms with Gasteiger partial charge in [-0.2, -0.15) is 0 Å². The number of amides is 1. The summed E-state index contributed by atoms with van der Waals surface area (Å²) in [6, 6.07) is 1.13. The highest BCUT2D eigenvalue weighted by atomic mass is 28.3. The summed E-state index contributed by atoms with van der Waals surface area (Å²) in [5, 5.41) is 3.21. The van der Waals surface area contributed by atoms with Crippen molar-refractivity contribution in [2.75, 3.05) is 30.6 Å². The quantitative estimate of drug-likeness (QED) is 0.312. The van der Waals surface area contributed by atoms with Crippen molar-refractivity contribution >= 4 is 26.0 Å². The Labute approximate surface area is 152 Å². The van der Waals surface area contributed by atoms with Crippen LogP contribution in [0, 0.1) is 0 Å². The molecule has 0 saturated heterocycles. The van der Waals surface area contributed by atoms with Gasteiger partial charge in [-0.25, -0.2) is 9.97 Å². The van der Waals surface area contributed by atoms with E-state index in [0.29, 0.717) is 18.5 Å². The van der Waals surface area contributed by atoms with E-state index in [4.69, 9.17) is 4.74 Å². The first-order chi connectivity index (χ1) is 11.9. The molecule has 1 fully saturated rings. The number of nitrogens with one attached hydrogen (secondary N) is 1. The molecule has 2 rings (SSSR count). The largest absolute Gasteiger partial charge is 0.362 e. The third-order valence-electron chi connectivity index (χ3n) is 4.61. The van der Waals surface area contributed by atoms with Crippen molar-refractivity contribution < 1.29 is 9.53 Å². The molecule has 1 N–H and O–H groups in total. The van der Waals surface area contributed by atoms with E-state index in [1.807, 2.05) is 0 Å². The van der Waals surface area contributed by atoms with E-state index in [-0.39, 0.29) is 0 Å². The maximum atomic E-state index is 11.2. The van der Waals surface area contributed by atoms with E-state index in [1.165, 1.54) is 24.2 Å². The van der Waals surface area contributed by atoms with Crippen molar-refractivity contribution in [1.29, 1.82) is 0 Å². The molecule has 0 radical (unpaired) electrons. The Balaban J connectivity index is 2.00. The van der Waals surface area contributed by atoms with E-state index in [2.05, 4.69) is 34.9 Å². The minimum atomic E-state index is -1.08. The smallest absolute Gasteiger partial charge is 0.215 e. The molecule has 0 bridgehead atoms. The number of rotatable bonds is 9. The fourth-order valence-corrected chi connectivity index (χ4v) is 3.72. The van der Waals surface area contributed by atoms with Crippen LogP contribution in [0.25, 0.3) is 0 Å². The van der Waals surface area contributed by atoms with Gasteiger partial charge in [0.15, 0.2) is 5.82 Å². The van der Waals surface area contributed by atoms with Crippen LogP contribution in [-0.4, -0.2) is 44.8 Å². The lowest BCUT2D eigenvalue weighted by Crippen LogP contribution is -2.23. The summed E-state index contributed by atoms with van der Waals surface area (Å²) in [6.45, 7) is 8.15. The Morgan fingerprint density at radius 2 is 2.04 bits per heavy atom. The van der Waals surface area contributed by atoms with Gasteiger partial charge in [-0.1, -0.05) is 38.9 Å². The second kappa shape index (κ2) is 9.29. The van der Waals surface area contributed by atoms with Crippen LogP contribution in [0.4, 0.5) is 11.5 Å². The van der Waals surface area contributed by atoms with Crippen LogP contribution >= 0.6 is 0 Å². The first-order valence-electron chi connectivity index (χ1n) is 9.27. The van der Waals surface area contributed by atoms with Crippen molar-refractivity contribution in [2.45, 2.75) is 63.7 Å². The summed E-state index contributed by atoms with van der Waals surface area (Å²) in [4.78, 5) is 22.0. The van der Waals surface area contributed by atoms with E-state index >= 15 is 0 Å². The standard InChI is InChI=1S/C18H32N4O2Si/c1-22(14-23)18-16(20-13-24-10-11-25(2,3)4)12-19-17(21-18)15-8-6-5-7-9-15/h12,14-15,20H,5-11,13H2,1-4H3. The minimum Gasteiger partial charge on any atom is -0.362 e. The van der Waals surface area contributed by atoms with E-state index in [0.717, 1.165) is 43.4 Å². The van der Waals surface area contributed by atoms with Crippen molar-refractivity contribution in [3.63, 3.8) is 0 Å². The van der Waals surface area contributed by atoms with Crippen molar-refractivity contribution in [2.24, 2.45) is 0 Å². The molecule has 6 nitrogen and oxygen atoms in total. The molecule has 0 spiro atoms. The zero-order valence-corrected chi connectivity index (χ0v) is 17.0. The minimum absolute atomic E-state index is 0.399. The second-order valence-corrected chi connectivity index (χ2v) is 13.7. The molecule has 1 saturated carbocycles. The van der Waals surface area contributed by atoms with Crippen LogP contribution in [-0.2, 0) is 9.53 Å². The van der Waals surface area contributed by atoms with E-state index in [1.54, 1.807) is 13.2 Å². The molecule has 1 heterocycles. The Morgan fingerprint density at radius 3 is 2.68 bits per heavy atom. The molecular weight excluding hydrogens is 332 g/mol. The summed E-state index contributed by atoms with van der Waals surface area (Å²) in [5.74, 6) is 1.89. The highest BCUT2D eigenvalue weighted by Gasteiger charge is 2.20. The fraction of sp³-hybridized carbons (Fsp3) is 0.722. The molecule has 0 aromatic carbocycles. The molecule has 1 aromatic heterocycles. The van der Waals surface area contributed by atoms with Crippen LogP contribution in [0.1, 0.15) is 43.8 Å². The van der Waals surface area contributed by atoms with Gasteiger partial charge in [0, 0.05) is 27.6 Å². The normalized spacial score (nSPS) is 15.8. The number of ether oxygens (including phenoxy) is 1. The van der Waals surface area contributed by atoms with Crippen LogP contribution in [0.3, 0.4) is 0 Å². The zero-order valence-electron chi connectivity index (χ0n) is 16.0. The topological polar surface area (TPSA) is 67.4 Å². The summed E-state index contributed by atoms with van der Waals surface area (Å²) in [6.07, 6.45) is 8.60. The molecule has 0 aliphatic heterocycles. The molecule has 1 amide bonds. The lowest BCUT2D eigenvalue weighted by Gasteiger charge is -2.23. The van der Waals surface area contributed by atoms with Gasteiger partial charge in [-0.05, 0) is 18.9 Å². The molecule has 0 unspecified atom stereocenters. The van der Waals surface area contributed by atoms with E-state index in [9.17, 15) is 4.79 Å². The third-order valence-corrected chi connectivity index (χ3v) is 6.32. The summed E-state index contributed by atoms with van der Waals surface area (Å²) < 4.78 is 5.69. The van der Waals surface area contributed by atoms with Gasteiger partial charge in [-0.3, -0.25) is 4.79 Å². The highest BCUT2D eigenvalue weighted by molar-refractivity contribution is 6.76.